The van der Waals surface area contributed by atoms with Gasteiger partial charge >= 0.3 is 0 Å². The lowest BCUT2D eigenvalue weighted by Gasteiger charge is -2.34. The molecular formula is C12H22N2O2. The summed E-state index contributed by atoms with van der Waals surface area (Å²) in [6.07, 6.45) is 2.74. The molecule has 4 heteroatoms. The van der Waals surface area contributed by atoms with Gasteiger partial charge in [0.25, 0.3) is 0 Å². The third-order valence-electron chi connectivity index (χ3n) is 3.18. The first-order valence-corrected chi connectivity index (χ1v) is 5.88. The van der Waals surface area contributed by atoms with E-state index >= 15 is 0 Å². The van der Waals surface area contributed by atoms with Gasteiger partial charge in [0.2, 0.25) is 12.3 Å². The van der Waals surface area contributed by atoms with E-state index in [-0.39, 0.29) is 11.3 Å². The smallest absolute Gasteiger partial charge is 0.245 e. The molecule has 0 aromatic heterocycles. The summed E-state index contributed by atoms with van der Waals surface area (Å²) in [6, 6.07) is -0.128. The number of likely N-dealkylation sites (tertiary alicyclic amines) is 1. The van der Waals surface area contributed by atoms with E-state index in [1.54, 1.807) is 0 Å². The van der Waals surface area contributed by atoms with E-state index in [1.165, 1.54) is 0 Å². The lowest BCUT2D eigenvalue weighted by molar-refractivity contribution is -0.138. The van der Waals surface area contributed by atoms with Crippen LogP contribution in [0.4, 0.5) is 0 Å². The fourth-order valence-electron chi connectivity index (χ4n) is 2.19. The summed E-state index contributed by atoms with van der Waals surface area (Å²) in [5, 5.41) is 2.65. The molecule has 0 radical (unpaired) electrons. The predicted molar refractivity (Wildman–Crippen MR) is 62.9 cm³/mol. The SMILES string of the molecule is CC1CCCN1C(=O)[C@@H](NC=O)C(C)(C)C. The largest absolute Gasteiger partial charge is 0.346 e. The number of rotatable bonds is 3. The lowest BCUT2D eigenvalue weighted by Crippen LogP contribution is -2.53. The van der Waals surface area contributed by atoms with Gasteiger partial charge in [-0.2, -0.15) is 0 Å². The molecule has 0 saturated carbocycles. The summed E-state index contributed by atoms with van der Waals surface area (Å²) in [5.74, 6) is 0.0459. The maximum Gasteiger partial charge on any atom is 0.245 e. The molecule has 1 heterocycles. The van der Waals surface area contributed by atoms with Crippen molar-refractivity contribution in [2.24, 2.45) is 5.41 Å². The number of hydrogen-bond acceptors (Lipinski definition) is 2. The molecule has 1 fully saturated rings. The van der Waals surface area contributed by atoms with Gasteiger partial charge in [0.1, 0.15) is 6.04 Å². The molecule has 4 nitrogen and oxygen atoms in total. The highest BCUT2D eigenvalue weighted by atomic mass is 16.2. The van der Waals surface area contributed by atoms with Crippen LogP contribution in [0.5, 0.6) is 0 Å². The van der Waals surface area contributed by atoms with Gasteiger partial charge in [-0.25, -0.2) is 0 Å². The summed E-state index contributed by atoms with van der Waals surface area (Å²) < 4.78 is 0. The fraction of sp³-hybridized carbons (Fsp3) is 0.833. The number of nitrogens with one attached hydrogen (secondary N) is 1. The molecule has 2 atom stereocenters. The van der Waals surface area contributed by atoms with Crippen LogP contribution in [0.3, 0.4) is 0 Å². The molecule has 1 saturated heterocycles. The summed E-state index contributed by atoms with van der Waals surface area (Å²) in [6.45, 7) is 8.77. The van der Waals surface area contributed by atoms with Crippen molar-refractivity contribution in [3.8, 4) is 0 Å². The monoisotopic (exact) mass is 226 g/mol. The number of hydrogen-bond donors (Lipinski definition) is 1. The Balaban J connectivity index is 2.78. The van der Waals surface area contributed by atoms with Crippen molar-refractivity contribution in [2.45, 2.75) is 52.6 Å². The molecule has 0 bridgehead atoms. The van der Waals surface area contributed by atoms with Gasteiger partial charge in [0.05, 0.1) is 0 Å². The summed E-state index contributed by atoms with van der Waals surface area (Å²) in [7, 11) is 0. The average molecular weight is 226 g/mol. The van der Waals surface area contributed by atoms with Crippen LogP contribution < -0.4 is 5.32 Å². The Kier molecular flexibility index (Phi) is 3.94. The van der Waals surface area contributed by atoms with Gasteiger partial charge in [-0.05, 0) is 25.2 Å². The standard InChI is InChI=1S/C12H22N2O2/c1-9-6-5-7-14(9)11(16)10(13-8-15)12(2,3)4/h8-10H,5-7H2,1-4H3,(H,13,15)/t9?,10-/m1/s1. The zero-order valence-corrected chi connectivity index (χ0v) is 10.6. The van der Waals surface area contributed by atoms with E-state index in [0.717, 1.165) is 19.4 Å². The third kappa shape index (κ3) is 2.74. The number of carbonyl (C=O) groups is 2. The summed E-state index contributed by atoms with van der Waals surface area (Å²) in [5.41, 5.74) is -0.250. The summed E-state index contributed by atoms with van der Waals surface area (Å²) >= 11 is 0. The molecular weight excluding hydrogens is 204 g/mol. The lowest BCUT2D eigenvalue weighted by atomic mass is 9.86. The fourth-order valence-corrected chi connectivity index (χ4v) is 2.19. The maximum atomic E-state index is 12.3. The van der Waals surface area contributed by atoms with Crippen LogP contribution in [0.15, 0.2) is 0 Å². The number of amides is 2. The Hall–Kier alpha value is -1.06. The van der Waals surface area contributed by atoms with Crippen molar-refractivity contribution in [3.05, 3.63) is 0 Å². The van der Waals surface area contributed by atoms with Crippen LogP contribution in [-0.2, 0) is 9.59 Å². The van der Waals surface area contributed by atoms with Crippen LogP contribution in [-0.4, -0.2) is 35.8 Å². The molecule has 0 aromatic rings. The second-order valence-corrected chi connectivity index (χ2v) is 5.61. The average Bonchev–Trinajstić information content (AvgIpc) is 2.58. The van der Waals surface area contributed by atoms with E-state index in [2.05, 4.69) is 12.2 Å². The highest BCUT2D eigenvalue weighted by molar-refractivity contribution is 5.85. The van der Waals surface area contributed by atoms with Gasteiger partial charge < -0.3 is 10.2 Å². The molecule has 1 rings (SSSR count). The van der Waals surface area contributed by atoms with Gasteiger partial charge in [0.15, 0.2) is 0 Å². The minimum atomic E-state index is -0.425. The molecule has 0 aliphatic carbocycles. The van der Waals surface area contributed by atoms with Gasteiger partial charge in [0, 0.05) is 12.6 Å². The highest BCUT2D eigenvalue weighted by Crippen LogP contribution is 2.24. The van der Waals surface area contributed by atoms with Crippen molar-refractivity contribution in [2.75, 3.05) is 6.54 Å². The number of carbonyl (C=O) groups excluding carboxylic acids is 2. The first-order chi connectivity index (χ1) is 7.38. The van der Waals surface area contributed by atoms with E-state index < -0.39 is 6.04 Å². The zero-order chi connectivity index (χ0) is 12.3. The molecule has 1 aliphatic rings. The van der Waals surface area contributed by atoms with Crippen LogP contribution in [0.2, 0.25) is 0 Å². The van der Waals surface area contributed by atoms with E-state index in [1.807, 2.05) is 25.7 Å². The molecule has 1 N–H and O–H groups in total. The summed E-state index contributed by atoms with van der Waals surface area (Å²) in [4.78, 5) is 24.8. The van der Waals surface area contributed by atoms with Crippen molar-refractivity contribution < 1.29 is 9.59 Å². The van der Waals surface area contributed by atoms with Gasteiger partial charge in [-0.15, -0.1) is 0 Å². The molecule has 16 heavy (non-hydrogen) atoms. The second-order valence-electron chi connectivity index (χ2n) is 5.61. The van der Waals surface area contributed by atoms with Crippen LogP contribution in [0.1, 0.15) is 40.5 Å². The van der Waals surface area contributed by atoms with Crippen molar-refractivity contribution in [1.29, 1.82) is 0 Å². The molecule has 2 amide bonds. The Morgan fingerprint density at radius 1 is 1.50 bits per heavy atom. The third-order valence-corrected chi connectivity index (χ3v) is 3.18. The topological polar surface area (TPSA) is 49.4 Å². The van der Waals surface area contributed by atoms with Crippen LogP contribution >= 0.6 is 0 Å². The molecule has 0 spiro atoms. The van der Waals surface area contributed by atoms with Crippen molar-refractivity contribution >= 4 is 12.3 Å². The number of nitrogens with zero attached hydrogens (tertiary/aromatic N) is 1. The van der Waals surface area contributed by atoms with Crippen LogP contribution in [0, 0.1) is 5.41 Å². The Morgan fingerprint density at radius 2 is 2.12 bits per heavy atom. The first-order valence-electron chi connectivity index (χ1n) is 5.88. The minimum absolute atomic E-state index is 0.0459. The molecule has 1 unspecified atom stereocenters. The van der Waals surface area contributed by atoms with Crippen LogP contribution in [0.25, 0.3) is 0 Å². The zero-order valence-electron chi connectivity index (χ0n) is 10.6. The quantitative estimate of drug-likeness (QED) is 0.734. The molecule has 92 valence electrons. The van der Waals surface area contributed by atoms with E-state index in [9.17, 15) is 9.59 Å². The predicted octanol–water partition coefficient (Wildman–Crippen LogP) is 1.16. The Labute approximate surface area is 97.4 Å². The van der Waals surface area contributed by atoms with E-state index in [4.69, 9.17) is 0 Å². The minimum Gasteiger partial charge on any atom is -0.346 e. The molecule has 0 aromatic carbocycles. The van der Waals surface area contributed by atoms with E-state index in [0.29, 0.717) is 12.5 Å². The Morgan fingerprint density at radius 3 is 2.50 bits per heavy atom. The van der Waals surface area contributed by atoms with Gasteiger partial charge in [-0.1, -0.05) is 20.8 Å². The van der Waals surface area contributed by atoms with Gasteiger partial charge in [-0.3, -0.25) is 9.59 Å². The normalized spacial score (nSPS) is 23.0. The van der Waals surface area contributed by atoms with Crippen molar-refractivity contribution in [1.82, 2.24) is 10.2 Å². The van der Waals surface area contributed by atoms with Crippen molar-refractivity contribution in [3.63, 3.8) is 0 Å². The molecule has 1 aliphatic heterocycles. The highest BCUT2D eigenvalue weighted by Gasteiger charge is 2.37. The second kappa shape index (κ2) is 4.85. The first kappa shape index (κ1) is 13.0. The Bertz CT molecular complexity index is 271. The maximum absolute atomic E-state index is 12.3.